The Morgan fingerprint density at radius 3 is 2.46 bits per heavy atom. The smallest absolute Gasteiger partial charge is 0.257 e. The van der Waals surface area contributed by atoms with E-state index < -0.39 is 0 Å². The molecule has 0 radical (unpaired) electrons. The first-order chi connectivity index (χ1) is 11.7. The van der Waals surface area contributed by atoms with E-state index in [1.165, 1.54) is 0 Å². The van der Waals surface area contributed by atoms with E-state index >= 15 is 0 Å². The summed E-state index contributed by atoms with van der Waals surface area (Å²) in [6.45, 7) is 0. The molecular formula is C16H10ClN5O2. The molecule has 0 aliphatic carbocycles. The van der Waals surface area contributed by atoms with Gasteiger partial charge in [-0.2, -0.15) is 9.97 Å². The normalized spacial score (nSPS) is 10.9. The van der Waals surface area contributed by atoms with Crippen LogP contribution in [0.3, 0.4) is 0 Å². The van der Waals surface area contributed by atoms with Crippen molar-refractivity contribution in [3.8, 4) is 17.0 Å². The topological polar surface area (TPSA) is 97.0 Å². The van der Waals surface area contributed by atoms with E-state index in [0.29, 0.717) is 5.02 Å². The van der Waals surface area contributed by atoms with E-state index in [2.05, 4.69) is 30.2 Å². The molecule has 0 atom stereocenters. The van der Waals surface area contributed by atoms with Crippen LogP contribution < -0.4 is 5.32 Å². The number of rotatable bonds is 3. The lowest BCUT2D eigenvalue weighted by Gasteiger charge is -2.08. The molecule has 0 saturated carbocycles. The average molecular weight is 340 g/mol. The molecule has 0 saturated heterocycles. The number of nitrogens with one attached hydrogen (secondary N) is 1. The second-order valence-corrected chi connectivity index (χ2v) is 5.46. The summed E-state index contributed by atoms with van der Waals surface area (Å²) < 4.78 is 4.54. The minimum Gasteiger partial charge on any atom is -0.491 e. The number of aromatic hydroxyl groups is 1. The first-order valence-electron chi connectivity index (χ1n) is 7.01. The maximum Gasteiger partial charge on any atom is 0.257 e. The fourth-order valence-corrected chi connectivity index (χ4v) is 2.39. The number of hydrogen-bond acceptors (Lipinski definition) is 7. The fraction of sp³-hybridized carbons (Fsp3) is 0. The molecule has 7 nitrogen and oxygen atoms in total. The number of anilines is 2. The van der Waals surface area contributed by atoms with Crippen LogP contribution in [-0.4, -0.2) is 25.4 Å². The van der Waals surface area contributed by atoms with Gasteiger partial charge >= 0.3 is 0 Å². The minimum atomic E-state index is -0.282. The van der Waals surface area contributed by atoms with Gasteiger partial charge in [0.15, 0.2) is 5.82 Å². The van der Waals surface area contributed by atoms with Crippen molar-refractivity contribution in [3.63, 3.8) is 0 Å². The second-order valence-electron chi connectivity index (χ2n) is 5.02. The van der Waals surface area contributed by atoms with Gasteiger partial charge in [-0.15, -0.1) is 0 Å². The second kappa shape index (κ2) is 5.78. The largest absolute Gasteiger partial charge is 0.491 e. The molecule has 118 valence electrons. The maximum absolute atomic E-state index is 9.94. The van der Waals surface area contributed by atoms with Crippen LogP contribution >= 0.6 is 11.6 Å². The summed E-state index contributed by atoms with van der Waals surface area (Å²) in [7, 11) is 0. The van der Waals surface area contributed by atoms with E-state index in [-0.39, 0.29) is 23.0 Å². The van der Waals surface area contributed by atoms with Crippen LogP contribution in [0.2, 0.25) is 5.02 Å². The van der Waals surface area contributed by atoms with E-state index in [9.17, 15) is 5.11 Å². The number of nitrogens with zero attached hydrogens (tertiary/aromatic N) is 4. The van der Waals surface area contributed by atoms with Gasteiger partial charge in [0.25, 0.3) is 5.88 Å². The highest BCUT2D eigenvalue weighted by atomic mass is 35.5. The molecule has 0 aliphatic rings. The molecule has 8 heteroatoms. The van der Waals surface area contributed by atoms with Crippen molar-refractivity contribution in [2.75, 3.05) is 5.32 Å². The Morgan fingerprint density at radius 2 is 1.67 bits per heavy atom. The van der Waals surface area contributed by atoms with Crippen molar-refractivity contribution in [1.29, 1.82) is 0 Å². The molecule has 0 fully saturated rings. The molecule has 0 amide bonds. The summed E-state index contributed by atoms with van der Waals surface area (Å²) in [6.07, 6.45) is 0. The van der Waals surface area contributed by atoms with Crippen LogP contribution in [0.15, 0.2) is 53.2 Å². The van der Waals surface area contributed by atoms with Crippen LogP contribution in [0.25, 0.3) is 22.4 Å². The van der Waals surface area contributed by atoms with Gasteiger partial charge in [-0.3, -0.25) is 0 Å². The van der Waals surface area contributed by atoms with Gasteiger partial charge in [0.05, 0.1) is 0 Å². The standard InChI is InChI=1S/C16H10ClN5O2/c17-11-6-4-9(5-7-11)10-2-1-3-12(8-10)18-15-16(23)20-14-13(19-15)21-24-22-14/h1-8H,(H,18,19,21)(H,20,22,23). The summed E-state index contributed by atoms with van der Waals surface area (Å²) in [5.41, 5.74) is 3.11. The quantitative estimate of drug-likeness (QED) is 0.586. The van der Waals surface area contributed by atoms with Gasteiger partial charge in [0.1, 0.15) is 0 Å². The van der Waals surface area contributed by atoms with Gasteiger partial charge < -0.3 is 10.4 Å². The van der Waals surface area contributed by atoms with Gasteiger partial charge in [-0.25, -0.2) is 4.63 Å². The third-order valence-corrected chi connectivity index (χ3v) is 3.65. The predicted molar refractivity (Wildman–Crippen MR) is 89.2 cm³/mol. The minimum absolute atomic E-state index is 0.146. The van der Waals surface area contributed by atoms with Crippen molar-refractivity contribution < 1.29 is 9.74 Å². The Bertz CT molecular complexity index is 1020. The molecule has 4 aromatic rings. The number of hydrogen-bond donors (Lipinski definition) is 2. The summed E-state index contributed by atoms with van der Waals surface area (Å²) >= 11 is 5.92. The molecule has 0 bridgehead atoms. The monoisotopic (exact) mass is 339 g/mol. The molecule has 2 heterocycles. The first-order valence-corrected chi connectivity index (χ1v) is 7.39. The highest BCUT2D eigenvalue weighted by molar-refractivity contribution is 6.30. The number of aromatic nitrogens is 4. The van der Waals surface area contributed by atoms with Crippen LogP contribution in [0.5, 0.6) is 5.88 Å². The van der Waals surface area contributed by atoms with Crippen LogP contribution in [0.4, 0.5) is 11.5 Å². The zero-order valence-corrected chi connectivity index (χ0v) is 12.9. The lowest BCUT2D eigenvalue weighted by Crippen LogP contribution is -1.96. The van der Waals surface area contributed by atoms with Gasteiger partial charge in [-0.05, 0) is 45.7 Å². The van der Waals surface area contributed by atoms with Crippen LogP contribution in [-0.2, 0) is 0 Å². The molecule has 0 unspecified atom stereocenters. The van der Waals surface area contributed by atoms with Gasteiger partial charge in [0, 0.05) is 10.7 Å². The molecule has 24 heavy (non-hydrogen) atoms. The molecule has 0 aliphatic heterocycles. The summed E-state index contributed by atoms with van der Waals surface area (Å²) in [5.74, 6) is -0.110. The Labute approximate surface area is 140 Å². The summed E-state index contributed by atoms with van der Waals surface area (Å²) in [5, 5.41) is 20.8. The Kier molecular flexibility index (Phi) is 3.47. The summed E-state index contributed by atoms with van der Waals surface area (Å²) in [6, 6.07) is 15.2. The number of fused-ring (bicyclic) bond motifs is 1. The zero-order chi connectivity index (χ0) is 16.5. The molecule has 2 N–H and O–H groups in total. The summed E-state index contributed by atoms with van der Waals surface area (Å²) in [4.78, 5) is 8.01. The lowest BCUT2D eigenvalue weighted by molar-refractivity contribution is 0.314. The average Bonchev–Trinajstić information content (AvgIpc) is 3.03. The highest BCUT2D eigenvalue weighted by Crippen LogP contribution is 2.28. The lowest BCUT2D eigenvalue weighted by atomic mass is 10.1. The van der Waals surface area contributed by atoms with Crippen molar-refractivity contribution in [2.24, 2.45) is 0 Å². The maximum atomic E-state index is 9.94. The Hall–Kier alpha value is -3.19. The number of halogens is 1. The number of benzene rings is 2. The van der Waals surface area contributed by atoms with Gasteiger partial charge in [0.2, 0.25) is 11.3 Å². The van der Waals surface area contributed by atoms with E-state index in [1.807, 2.05) is 48.5 Å². The van der Waals surface area contributed by atoms with Crippen molar-refractivity contribution in [2.45, 2.75) is 0 Å². The molecule has 0 spiro atoms. The predicted octanol–water partition coefficient (Wildman–Crippen LogP) is 3.78. The Balaban J connectivity index is 1.67. The third kappa shape index (κ3) is 2.72. The molecule has 4 rings (SSSR count). The Morgan fingerprint density at radius 1 is 0.917 bits per heavy atom. The van der Waals surface area contributed by atoms with Crippen molar-refractivity contribution in [1.82, 2.24) is 20.3 Å². The van der Waals surface area contributed by atoms with Crippen molar-refractivity contribution >= 4 is 34.4 Å². The third-order valence-electron chi connectivity index (χ3n) is 3.40. The SMILES string of the molecule is Oc1nc2nonc2nc1Nc1cccc(-c2ccc(Cl)cc2)c1. The first kappa shape index (κ1) is 14.4. The molecule has 2 aromatic heterocycles. The zero-order valence-electron chi connectivity index (χ0n) is 12.1. The van der Waals surface area contributed by atoms with Gasteiger partial charge in [-0.1, -0.05) is 35.9 Å². The van der Waals surface area contributed by atoms with Crippen LogP contribution in [0.1, 0.15) is 0 Å². The van der Waals surface area contributed by atoms with E-state index in [1.54, 1.807) is 0 Å². The molecular weight excluding hydrogens is 330 g/mol. The molecule has 2 aromatic carbocycles. The fourth-order valence-electron chi connectivity index (χ4n) is 2.27. The van der Waals surface area contributed by atoms with E-state index in [4.69, 9.17) is 11.6 Å². The highest BCUT2D eigenvalue weighted by Gasteiger charge is 2.12. The van der Waals surface area contributed by atoms with Crippen LogP contribution in [0, 0.1) is 0 Å². The van der Waals surface area contributed by atoms with Crippen molar-refractivity contribution in [3.05, 3.63) is 53.6 Å². The van der Waals surface area contributed by atoms with E-state index in [0.717, 1.165) is 16.8 Å².